The number of aryl methyl sites for hydroxylation is 1. The fourth-order valence-corrected chi connectivity index (χ4v) is 1.41. The second kappa shape index (κ2) is 5.75. The number of hydrogen-bond donors (Lipinski definition) is 1. The summed E-state index contributed by atoms with van der Waals surface area (Å²) in [4.78, 5) is 11.7. The standard InChI is InChI=1S/C13H18FNO/c1-4-10(3)15-8-13(16)11-5-9(2)6-12(14)7-11/h5-7,10,15H,4,8H2,1-3H3. The molecule has 0 aromatic heterocycles. The van der Waals surface area contributed by atoms with Gasteiger partial charge in [-0.25, -0.2) is 4.39 Å². The molecule has 1 aromatic rings. The Bertz CT molecular complexity index is 356. The number of carbonyl (C=O) groups excluding carboxylic acids is 1. The van der Waals surface area contributed by atoms with Crippen LogP contribution >= 0.6 is 0 Å². The molecule has 3 heteroatoms. The van der Waals surface area contributed by atoms with Crippen LogP contribution < -0.4 is 5.32 Å². The van der Waals surface area contributed by atoms with E-state index in [9.17, 15) is 9.18 Å². The second-order valence-electron chi connectivity index (χ2n) is 4.13. The van der Waals surface area contributed by atoms with Crippen molar-refractivity contribution in [2.75, 3.05) is 6.54 Å². The van der Waals surface area contributed by atoms with Gasteiger partial charge in [0.1, 0.15) is 5.82 Å². The highest BCUT2D eigenvalue weighted by Gasteiger charge is 2.08. The van der Waals surface area contributed by atoms with Crippen LogP contribution in [0, 0.1) is 12.7 Å². The summed E-state index contributed by atoms with van der Waals surface area (Å²) >= 11 is 0. The van der Waals surface area contributed by atoms with Crippen molar-refractivity contribution in [2.45, 2.75) is 33.2 Å². The highest BCUT2D eigenvalue weighted by atomic mass is 19.1. The summed E-state index contributed by atoms with van der Waals surface area (Å²) in [6.45, 7) is 6.11. The molecule has 1 aromatic carbocycles. The molecule has 88 valence electrons. The van der Waals surface area contributed by atoms with Gasteiger partial charge in [0.2, 0.25) is 0 Å². The SMILES string of the molecule is CCC(C)NCC(=O)c1cc(C)cc(F)c1. The maximum absolute atomic E-state index is 13.1. The van der Waals surface area contributed by atoms with Crippen LogP contribution in [0.4, 0.5) is 4.39 Å². The minimum atomic E-state index is -0.355. The smallest absolute Gasteiger partial charge is 0.176 e. The number of benzene rings is 1. The van der Waals surface area contributed by atoms with E-state index in [-0.39, 0.29) is 18.1 Å². The van der Waals surface area contributed by atoms with E-state index in [4.69, 9.17) is 0 Å². The third-order valence-electron chi connectivity index (χ3n) is 2.59. The lowest BCUT2D eigenvalue weighted by atomic mass is 10.1. The zero-order chi connectivity index (χ0) is 12.1. The van der Waals surface area contributed by atoms with Crippen molar-refractivity contribution in [3.63, 3.8) is 0 Å². The number of Topliss-reactive ketones (excluding diaryl/α,β-unsaturated/α-hetero) is 1. The van der Waals surface area contributed by atoms with Crippen molar-refractivity contribution in [1.29, 1.82) is 0 Å². The van der Waals surface area contributed by atoms with Gasteiger partial charge >= 0.3 is 0 Å². The van der Waals surface area contributed by atoms with Gasteiger partial charge in [0.05, 0.1) is 6.54 Å². The third kappa shape index (κ3) is 3.74. The third-order valence-corrected chi connectivity index (χ3v) is 2.59. The van der Waals surface area contributed by atoms with E-state index in [1.807, 2.05) is 6.92 Å². The van der Waals surface area contributed by atoms with Gasteiger partial charge in [-0.15, -0.1) is 0 Å². The van der Waals surface area contributed by atoms with Gasteiger partial charge in [-0.2, -0.15) is 0 Å². The lowest BCUT2D eigenvalue weighted by Gasteiger charge is -2.10. The molecule has 0 aliphatic rings. The average Bonchev–Trinajstić information content (AvgIpc) is 2.23. The van der Waals surface area contributed by atoms with Crippen molar-refractivity contribution in [3.8, 4) is 0 Å². The topological polar surface area (TPSA) is 29.1 Å². The molecule has 0 spiro atoms. The summed E-state index contributed by atoms with van der Waals surface area (Å²) < 4.78 is 13.1. The Labute approximate surface area is 95.9 Å². The maximum atomic E-state index is 13.1. The molecule has 16 heavy (non-hydrogen) atoms. The van der Waals surface area contributed by atoms with Crippen LogP contribution in [0.3, 0.4) is 0 Å². The number of hydrogen-bond acceptors (Lipinski definition) is 2. The Hall–Kier alpha value is -1.22. The summed E-state index contributed by atoms with van der Waals surface area (Å²) in [5, 5.41) is 3.10. The fourth-order valence-electron chi connectivity index (χ4n) is 1.41. The predicted molar refractivity (Wildman–Crippen MR) is 63.2 cm³/mol. The monoisotopic (exact) mass is 223 g/mol. The molecular weight excluding hydrogens is 205 g/mol. The number of ketones is 1. The second-order valence-corrected chi connectivity index (χ2v) is 4.13. The summed E-state index contributed by atoms with van der Waals surface area (Å²) in [7, 11) is 0. The molecule has 0 aliphatic heterocycles. The van der Waals surface area contributed by atoms with Crippen LogP contribution in [0.1, 0.15) is 36.2 Å². The lowest BCUT2D eigenvalue weighted by molar-refractivity contribution is 0.0987. The van der Waals surface area contributed by atoms with E-state index < -0.39 is 0 Å². The van der Waals surface area contributed by atoms with Crippen LogP contribution in [-0.4, -0.2) is 18.4 Å². The van der Waals surface area contributed by atoms with Crippen LogP contribution in [0.15, 0.2) is 18.2 Å². The molecule has 1 N–H and O–H groups in total. The Morgan fingerprint density at radius 1 is 1.44 bits per heavy atom. The molecular formula is C13H18FNO. The van der Waals surface area contributed by atoms with Crippen molar-refractivity contribution < 1.29 is 9.18 Å². The molecule has 1 unspecified atom stereocenters. The summed E-state index contributed by atoms with van der Waals surface area (Å²) in [5.41, 5.74) is 1.21. The van der Waals surface area contributed by atoms with E-state index in [2.05, 4.69) is 12.2 Å². The van der Waals surface area contributed by atoms with Crippen LogP contribution in [0.25, 0.3) is 0 Å². The zero-order valence-corrected chi connectivity index (χ0v) is 10.0. The molecule has 0 heterocycles. The van der Waals surface area contributed by atoms with Gasteiger partial charge in [0, 0.05) is 11.6 Å². The van der Waals surface area contributed by atoms with Gasteiger partial charge in [-0.1, -0.05) is 6.92 Å². The van der Waals surface area contributed by atoms with Gasteiger partial charge in [0.25, 0.3) is 0 Å². The summed E-state index contributed by atoms with van der Waals surface area (Å²) in [5.74, 6) is -0.421. The summed E-state index contributed by atoms with van der Waals surface area (Å²) in [6, 6.07) is 4.72. The van der Waals surface area contributed by atoms with Gasteiger partial charge < -0.3 is 5.32 Å². The number of halogens is 1. The molecule has 1 atom stereocenters. The highest BCUT2D eigenvalue weighted by molar-refractivity contribution is 5.97. The van der Waals surface area contributed by atoms with Crippen molar-refractivity contribution in [1.82, 2.24) is 5.32 Å². The molecule has 0 amide bonds. The maximum Gasteiger partial charge on any atom is 0.176 e. The average molecular weight is 223 g/mol. The van der Waals surface area contributed by atoms with Crippen LogP contribution in [0.2, 0.25) is 0 Å². The first-order chi connectivity index (χ1) is 7.52. The Morgan fingerprint density at radius 3 is 2.69 bits per heavy atom. The number of carbonyl (C=O) groups is 1. The van der Waals surface area contributed by atoms with Crippen LogP contribution in [0.5, 0.6) is 0 Å². The Morgan fingerprint density at radius 2 is 2.12 bits per heavy atom. The van der Waals surface area contributed by atoms with E-state index in [0.29, 0.717) is 11.6 Å². The predicted octanol–water partition coefficient (Wildman–Crippen LogP) is 2.70. The largest absolute Gasteiger partial charge is 0.307 e. The molecule has 0 fully saturated rings. The molecule has 1 rings (SSSR count). The van der Waals surface area contributed by atoms with E-state index in [1.165, 1.54) is 12.1 Å². The van der Waals surface area contributed by atoms with Crippen molar-refractivity contribution >= 4 is 5.78 Å². The first-order valence-electron chi connectivity index (χ1n) is 5.56. The normalized spacial score (nSPS) is 12.5. The fraction of sp³-hybridized carbons (Fsp3) is 0.462. The quantitative estimate of drug-likeness (QED) is 0.778. The molecule has 0 saturated carbocycles. The van der Waals surface area contributed by atoms with E-state index in [1.54, 1.807) is 13.0 Å². The van der Waals surface area contributed by atoms with Gasteiger partial charge in [-0.05, 0) is 44.0 Å². The van der Waals surface area contributed by atoms with E-state index in [0.717, 1.165) is 12.0 Å². The molecule has 0 aliphatic carbocycles. The van der Waals surface area contributed by atoms with Gasteiger partial charge in [0.15, 0.2) is 5.78 Å². The van der Waals surface area contributed by atoms with E-state index >= 15 is 0 Å². The van der Waals surface area contributed by atoms with Crippen molar-refractivity contribution in [2.24, 2.45) is 0 Å². The number of nitrogens with one attached hydrogen (secondary N) is 1. The molecule has 0 radical (unpaired) electrons. The van der Waals surface area contributed by atoms with Crippen LogP contribution in [-0.2, 0) is 0 Å². The molecule has 0 bridgehead atoms. The minimum Gasteiger partial charge on any atom is -0.307 e. The first kappa shape index (κ1) is 12.8. The lowest BCUT2D eigenvalue weighted by Crippen LogP contribution is -2.30. The molecule has 2 nitrogen and oxygen atoms in total. The summed E-state index contributed by atoms with van der Waals surface area (Å²) in [6.07, 6.45) is 0.968. The Balaban J connectivity index is 2.66. The van der Waals surface area contributed by atoms with Crippen molar-refractivity contribution in [3.05, 3.63) is 35.1 Å². The number of rotatable bonds is 5. The minimum absolute atomic E-state index is 0.0668. The Kier molecular flexibility index (Phi) is 4.62. The first-order valence-corrected chi connectivity index (χ1v) is 5.56. The zero-order valence-electron chi connectivity index (χ0n) is 10.0. The molecule has 0 saturated heterocycles. The highest BCUT2D eigenvalue weighted by Crippen LogP contribution is 2.08. The van der Waals surface area contributed by atoms with Gasteiger partial charge in [-0.3, -0.25) is 4.79 Å².